The van der Waals surface area contributed by atoms with Crippen LogP contribution in [0.15, 0.2) is 23.3 Å². The van der Waals surface area contributed by atoms with Crippen LogP contribution in [0.5, 0.6) is 0 Å². The van der Waals surface area contributed by atoms with Crippen LogP contribution < -0.4 is 4.90 Å². The molecule has 0 unspecified atom stereocenters. The van der Waals surface area contributed by atoms with E-state index >= 15 is 0 Å². The zero-order valence-corrected chi connectivity index (χ0v) is 10.0. The fourth-order valence-corrected chi connectivity index (χ4v) is 1.50. The van der Waals surface area contributed by atoms with E-state index in [0.717, 1.165) is 11.3 Å². The lowest BCUT2D eigenvalue weighted by Crippen LogP contribution is -2.12. The lowest BCUT2D eigenvalue weighted by molar-refractivity contribution is 0.0600. The van der Waals surface area contributed by atoms with Crippen molar-refractivity contribution in [1.82, 2.24) is 0 Å². The van der Waals surface area contributed by atoms with Crippen molar-refractivity contribution in [3.05, 3.63) is 39.8 Å². The van der Waals surface area contributed by atoms with Gasteiger partial charge < -0.3 is 9.64 Å². The number of anilines is 1. The molecule has 0 spiro atoms. The van der Waals surface area contributed by atoms with Crippen LogP contribution in [0.3, 0.4) is 0 Å². The zero-order valence-electron chi connectivity index (χ0n) is 10.0. The molecule has 0 amide bonds. The molecule has 0 N–H and O–H groups in total. The van der Waals surface area contributed by atoms with Crippen LogP contribution in [0.4, 0.5) is 5.69 Å². The summed E-state index contributed by atoms with van der Waals surface area (Å²) in [5, 5.41) is 3.51. The SMILES string of the molecule is COC(=O)c1ccc(N(C)C)c(CN=[N+]=[N-])c1. The number of esters is 1. The number of carbonyl (C=O) groups is 1. The Morgan fingerprint density at radius 1 is 1.53 bits per heavy atom. The van der Waals surface area contributed by atoms with E-state index in [1.54, 1.807) is 18.2 Å². The molecular formula is C11H14N4O2. The summed E-state index contributed by atoms with van der Waals surface area (Å²) in [7, 11) is 5.09. The number of azide groups is 1. The second kappa shape index (κ2) is 5.77. The number of hydrogen-bond donors (Lipinski definition) is 0. The summed E-state index contributed by atoms with van der Waals surface area (Å²) in [5.74, 6) is -0.405. The highest BCUT2D eigenvalue weighted by Crippen LogP contribution is 2.21. The van der Waals surface area contributed by atoms with Gasteiger partial charge in [0.2, 0.25) is 0 Å². The predicted octanol–water partition coefficient (Wildman–Crippen LogP) is 2.35. The fraction of sp³-hybridized carbons (Fsp3) is 0.364. The highest BCUT2D eigenvalue weighted by Gasteiger charge is 2.10. The highest BCUT2D eigenvalue weighted by molar-refractivity contribution is 5.90. The first-order chi connectivity index (χ1) is 8.10. The summed E-state index contributed by atoms with van der Waals surface area (Å²) in [5.41, 5.74) is 10.5. The fourth-order valence-electron chi connectivity index (χ4n) is 1.50. The minimum atomic E-state index is -0.405. The van der Waals surface area contributed by atoms with Crippen molar-refractivity contribution in [2.45, 2.75) is 6.54 Å². The summed E-state index contributed by atoms with van der Waals surface area (Å²) in [6, 6.07) is 5.16. The molecule has 0 radical (unpaired) electrons. The average molecular weight is 234 g/mol. The molecule has 1 aromatic carbocycles. The third-order valence-electron chi connectivity index (χ3n) is 2.29. The van der Waals surface area contributed by atoms with Crippen molar-refractivity contribution < 1.29 is 9.53 Å². The van der Waals surface area contributed by atoms with Crippen LogP contribution in [-0.4, -0.2) is 27.2 Å². The molecule has 90 valence electrons. The Bertz CT molecular complexity index is 465. The van der Waals surface area contributed by atoms with E-state index in [-0.39, 0.29) is 6.54 Å². The van der Waals surface area contributed by atoms with Crippen LogP contribution >= 0.6 is 0 Å². The van der Waals surface area contributed by atoms with Gasteiger partial charge in [-0.3, -0.25) is 0 Å². The summed E-state index contributed by atoms with van der Waals surface area (Å²) in [6.07, 6.45) is 0. The molecule has 0 aliphatic rings. The number of rotatable bonds is 4. The number of benzene rings is 1. The van der Waals surface area contributed by atoms with E-state index in [1.807, 2.05) is 19.0 Å². The van der Waals surface area contributed by atoms with Gasteiger partial charge in [0.15, 0.2) is 0 Å². The van der Waals surface area contributed by atoms with Crippen LogP contribution in [0.25, 0.3) is 10.4 Å². The number of methoxy groups -OCH3 is 1. The van der Waals surface area contributed by atoms with E-state index in [0.29, 0.717) is 5.56 Å². The number of carbonyl (C=O) groups excluding carboxylic acids is 1. The third-order valence-corrected chi connectivity index (χ3v) is 2.29. The molecule has 6 nitrogen and oxygen atoms in total. The molecular weight excluding hydrogens is 220 g/mol. The summed E-state index contributed by atoms with van der Waals surface area (Å²) in [6.45, 7) is 0.203. The smallest absolute Gasteiger partial charge is 0.337 e. The number of ether oxygens (including phenoxy) is 1. The van der Waals surface area contributed by atoms with Gasteiger partial charge in [0, 0.05) is 24.7 Å². The molecule has 0 aliphatic heterocycles. The van der Waals surface area contributed by atoms with Crippen LogP contribution in [-0.2, 0) is 11.3 Å². The summed E-state index contributed by atoms with van der Waals surface area (Å²) < 4.78 is 4.64. The summed E-state index contributed by atoms with van der Waals surface area (Å²) >= 11 is 0. The van der Waals surface area contributed by atoms with Gasteiger partial charge >= 0.3 is 5.97 Å². The lowest BCUT2D eigenvalue weighted by Gasteiger charge is -2.17. The average Bonchev–Trinajstić information content (AvgIpc) is 2.34. The maximum Gasteiger partial charge on any atom is 0.337 e. The molecule has 0 bridgehead atoms. The maximum absolute atomic E-state index is 11.4. The quantitative estimate of drug-likeness (QED) is 0.347. The molecule has 0 aliphatic carbocycles. The van der Waals surface area contributed by atoms with Crippen LogP contribution in [0, 0.1) is 0 Å². The van der Waals surface area contributed by atoms with Crippen molar-refractivity contribution >= 4 is 11.7 Å². The first-order valence-corrected chi connectivity index (χ1v) is 4.99. The molecule has 0 fully saturated rings. The van der Waals surface area contributed by atoms with E-state index in [1.165, 1.54) is 7.11 Å². The van der Waals surface area contributed by atoms with E-state index in [2.05, 4.69) is 14.8 Å². The van der Waals surface area contributed by atoms with Gasteiger partial charge in [0.1, 0.15) is 0 Å². The summed E-state index contributed by atoms with van der Waals surface area (Å²) in [4.78, 5) is 16.0. The van der Waals surface area contributed by atoms with Gasteiger partial charge in [-0.05, 0) is 29.3 Å². The molecule has 0 atom stereocenters. The molecule has 0 aromatic heterocycles. The highest BCUT2D eigenvalue weighted by atomic mass is 16.5. The molecule has 0 saturated carbocycles. The number of nitrogens with zero attached hydrogens (tertiary/aromatic N) is 4. The van der Waals surface area contributed by atoms with Gasteiger partial charge in [-0.1, -0.05) is 5.11 Å². The lowest BCUT2D eigenvalue weighted by atomic mass is 10.1. The van der Waals surface area contributed by atoms with E-state index in [9.17, 15) is 4.79 Å². The van der Waals surface area contributed by atoms with Crippen molar-refractivity contribution in [1.29, 1.82) is 0 Å². The Hall–Kier alpha value is -2.20. The number of hydrogen-bond acceptors (Lipinski definition) is 4. The van der Waals surface area contributed by atoms with Crippen LogP contribution in [0.1, 0.15) is 15.9 Å². The molecule has 0 saturated heterocycles. The molecule has 1 rings (SSSR count). The van der Waals surface area contributed by atoms with Crippen molar-refractivity contribution in [3.63, 3.8) is 0 Å². The largest absolute Gasteiger partial charge is 0.465 e. The standard InChI is InChI=1S/C11H14N4O2/c1-15(2)10-5-4-8(11(16)17-3)6-9(10)7-13-14-12/h4-6H,7H2,1-3H3. The predicted molar refractivity (Wildman–Crippen MR) is 65.0 cm³/mol. The molecule has 0 heterocycles. The minimum absolute atomic E-state index is 0.203. The van der Waals surface area contributed by atoms with Crippen molar-refractivity contribution in [2.24, 2.45) is 5.11 Å². The Balaban J connectivity index is 3.18. The molecule has 1 aromatic rings. The normalized spacial score (nSPS) is 9.35. The first-order valence-electron chi connectivity index (χ1n) is 4.99. The Kier molecular flexibility index (Phi) is 4.37. The monoisotopic (exact) mass is 234 g/mol. The Morgan fingerprint density at radius 2 is 2.24 bits per heavy atom. The van der Waals surface area contributed by atoms with Crippen molar-refractivity contribution in [3.8, 4) is 0 Å². The molecule has 17 heavy (non-hydrogen) atoms. The second-order valence-electron chi connectivity index (χ2n) is 3.62. The second-order valence-corrected chi connectivity index (χ2v) is 3.62. The minimum Gasteiger partial charge on any atom is -0.465 e. The van der Waals surface area contributed by atoms with Gasteiger partial charge in [-0.2, -0.15) is 0 Å². The Labute approximate surface area is 99.4 Å². The van der Waals surface area contributed by atoms with Gasteiger partial charge in [0.05, 0.1) is 19.2 Å². The van der Waals surface area contributed by atoms with Crippen LogP contribution in [0.2, 0.25) is 0 Å². The third kappa shape index (κ3) is 3.12. The van der Waals surface area contributed by atoms with Gasteiger partial charge in [-0.15, -0.1) is 0 Å². The van der Waals surface area contributed by atoms with Gasteiger partial charge in [0.25, 0.3) is 0 Å². The first kappa shape index (κ1) is 12.9. The maximum atomic E-state index is 11.4. The molecule has 6 heteroatoms. The Morgan fingerprint density at radius 3 is 2.76 bits per heavy atom. The van der Waals surface area contributed by atoms with Gasteiger partial charge in [-0.25, -0.2) is 4.79 Å². The van der Waals surface area contributed by atoms with Crippen molar-refractivity contribution in [2.75, 3.05) is 26.1 Å². The topological polar surface area (TPSA) is 78.3 Å². The zero-order chi connectivity index (χ0) is 12.8. The van der Waals surface area contributed by atoms with E-state index < -0.39 is 5.97 Å². The van der Waals surface area contributed by atoms with E-state index in [4.69, 9.17) is 5.53 Å².